The van der Waals surface area contributed by atoms with Gasteiger partial charge in [0.2, 0.25) is 0 Å². The summed E-state index contributed by atoms with van der Waals surface area (Å²) in [5, 5.41) is 7.31. The van der Waals surface area contributed by atoms with Crippen molar-refractivity contribution in [3.05, 3.63) is 36.4 Å². The zero-order valence-electron chi connectivity index (χ0n) is 14.6. The van der Waals surface area contributed by atoms with E-state index in [0.717, 1.165) is 5.56 Å². The minimum Gasteiger partial charge on any atom is -0.493 e. The summed E-state index contributed by atoms with van der Waals surface area (Å²) in [4.78, 5) is 11.5. The van der Waals surface area contributed by atoms with Gasteiger partial charge < -0.3 is 19.5 Å². The van der Waals surface area contributed by atoms with E-state index in [-0.39, 0.29) is 12.7 Å². The lowest BCUT2D eigenvalue weighted by molar-refractivity contribution is -0.149. The highest BCUT2D eigenvalue weighted by atomic mass is 32.1. The normalized spacial score (nSPS) is 10.4. The van der Waals surface area contributed by atoms with E-state index in [9.17, 15) is 4.79 Å². The number of carbonyl (C=O) groups is 1. The molecule has 2 N–H and O–H groups in total. The topological polar surface area (TPSA) is 81.2 Å². The van der Waals surface area contributed by atoms with Gasteiger partial charge in [-0.3, -0.25) is 5.43 Å². The van der Waals surface area contributed by atoms with Crippen LogP contribution in [0.2, 0.25) is 0 Å². The van der Waals surface area contributed by atoms with Crippen LogP contribution in [0.25, 0.3) is 0 Å². The molecule has 0 atom stereocenters. The number of hydrogen-bond donors (Lipinski definition) is 2. The third kappa shape index (κ3) is 8.16. The van der Waals surface area contributed by atoms with E-state index < -0.39 is 5.97 Å². The number of ether oxygens (including phenoxy) is 3. The van der Waals surface area contributed by atoms with Crippen LogP contribution in [0.15, 0.2) is 36.0 Å². The van der Waals surface area contributed by atoms with E-state index in [2.05, 4.69) is 22.4 Å². The average molecular weight is 365 g/mol. The van der Waals surface area contributed by atoms with Crippen LogP contribution in [0.1, 0.15) is 19.4 Å². The Balaban J connectivity index is 2.63. The van der Waals surface area contributed by atoms with Gasteiger partial charge in [-0.1, -0.05) is 6.08 Å². The van der Waals surface area contributed by atoms with Crippen LogP contribution in [-0.2, 0) is 9.53 Å². The number of rotatable bonds is 9. The van der Waals surface area contributed by atoms with Gasteiger partial charge in [0, 0.05) is 6.54 Å². The van der Waals surface area contributed by atoms with Crippen molar-refractivity contribution in [2.75, 3.05) is 20.3 Å². The summed E-state index contributed by atoms with van der Waals surface area (Å²) in [7, 11) is 1.52. The first-order chi connectivity index (χ1) is 12.0. The summed E-state index contributed by atoms with van der Waals surface area (Å²) < 4.78 is 15.7. The fourth-order valence-electron chi connectivity index (χ4n) is 1.69. The Morgan fingerprint density at radius 1 is 1.40 bits per heavy atom. The SMILES string of the molecule is C=CCNC(=S)N/N=C/c1ccc(OCC(=O)OC(C)C)c(OC)c1. The molecule has 0 fully saturated rings. The molecule has 7 nitrogen and oxygen atoms in total. The Bertz CT molecular complexity index is 632. The fourth-order valence-corrected chi connectivity index (χ4v) is 1.82. The second-order valence-corrected chi connectivity index (χ2v) is 5.51. The Kier molecular flexibility index (Phi) is 9.02. The van der Waals surface area contributed by atoms with Crippen molar-refractivity contribution >= 4 is 29.5 Å². The molecule has 0 aromatic heterocycles. The molecule has 0 amide bonds. The van der Waals surface area contributed by atoms with Gasteiger partial charge in [0.15, 0.2) is 23.2 Å². The number of thiocarbonyl (C=S) groups is 1. The smallest absolute Gasteiger partial charge is 0.344 e. The number of nitrogens with zero attached hydrogens (tertiary/aromatic N) is 1. The van der Waals surface area contributed by atoms with Crippen molar-refractivity contribution in [3.63, 3.8) is 0 Å². The molecule has 0 bridgehead atoms. The van der Waals surface area contributed by atoms with Crippen LogP contribution in [0, 0.1) is 0 Å². The summed E-state index contributed by atoms with van der Waals surface area (Å²) in [6.45, 7) is 7.51. The van der Waals surface area contributed by atoms with Gasteiger partial charge in [-0.15, -0.1) is 6.58 Å². The molecule has 1 rings (SSSR count). The van der Waals surface area contributed by atoms with Crippen LogP contribution < -0.4 is 20.2 Å². The number of carbonyl (C=O) groups excluding carboxylic acids is 1. The molecule has 136 valence electrons. The number of nitrogens with one attached hydrogen (secondary N) is 2. The standard InChI is InChI=1S/C17H23N3O4S/c1-5-8-18-17(25)20-19-10-13-6-7-14(15(9-13)22-4)23-11-16(21)24-12(2)3/h5-7,9-10,12H,1,8,11H2,2-4H3,(H2,18,20,25)/b19-10+. The maximum atomic E-state index is 11.5. The summed E-state index contributed by atoms with van der Waals surface area (Å²) >= 11 is 5.02. The molecular weight excluding hydrogens is 342 g/mol. The second kappa shape index (κ2) is 11.0. The molecule has 8 heteroatoms. The lowest BCUT2D eigenvalue weighted by Gasteiger charge is -2.12. The van der Waals surface area contributed by atoms with Crippen molar-refractivity contribution in [2.24, 2.45) is 5.10 Å². The zero-order valence-corrected chi connectivity index (χ0v) is 15.4. The number of methoxy groups -OCH3 is 1. The van der Waals surface area contributed by atoms with Crippen molar-refractivity contribution < 1.29 is 19.0 Å². The quantitative estimate of drug-likeness (QED) is 0.228. The fraction of sp³-hybridized carbons (Fsp3) is 0.353. The first-order valence-electron chi connectivity index (χ1n) is 7.64. The predicted molar refractivity (Wildman–Crippen MR) is 101 cm³/mol. The Labute approximate surface area is 153 Å². The minimum atomic E-state index is -0.438. The molecule has 0 radical (unpaired) electrons. The number of esters is 1. The first kappa shape index (κ1) is 20.4. The van der Waals surface area contributed by atoms with E-state index in [0.29, 0.717) is 23.2 Å². The van der Waals surface area contributed by atoms with E-state index in [1.165, 1.54) is 7.11 Å². The van der Waals surface area contributed by atoms with Gasteiger partial charge in [0.05, 0.1) is 19.4 Å². The summed E-state index contributed by atoms with van der Waals surface area (Å²) in [6, 6.07) is 5.20. The lowest BCUT2D eigenvalue weighted by Crippen LogP contribution is -2.31. The zero-order chi connectivity index (χ0) is 18.7. The second-order valence-electron chi connectivity index (χ2n) is 5.11. The van der Waals surface area contributed by atoms with Gasteiger partial charge in [0.1, 0.15) is 0 Å². The molecule has 1 aromatic rings. The Morgan fingerprint density at radius 2 is 2.16 bits per heavy atom. The van der Waals surface area contributed by atoms with Crippen LogP contribution in [0.5, 0.6) is 11.5 Å². The van der Waals surface area contributed by atoms with Gasteiger partial charge in [-0.05, 0) is 49.8 Å². The van der Waals surface area contributed by atoms with Gasteiger partial charge in [-0.25, -0.2) is 4.79 Å². The monoisotopic (exact) mass is 365 g/mol. The van der Waals surface area contributed by atoms with E-state index in [1.807, 2.05) is 0 Å². The Hall–Kier alpha value is -2.61. The summed E-state index contributed by atoms with van der Waals surface area (Å²) in [6.07, 6.45) is 3.09. The summed E-state index contributed by atoms with van der Waals surface area (Å²) in [5.74, 6) is 0.484. The van der Waals surface area contributed by atoms with Gasteiger partial charge in [0.25, 0.3) is 0 Å². The highest BCUT2D eigenvalue weighted by Gasteiger charge is 2.10. The van der Waals surface area contributed by atoms with E-state index in [4.69, 9.17) is 26.4 Å². The molecule has 0 heterocycles. The van der Waals surface area contributed by atoms with E-state index >= 15 is 0 Å². The van der Waals surface area contributed by atoms with Gasteiger partial charge in [-0.2, -0.15) is 5.10 Å². The van der Waals surface area contributed by atoms with Gasteiger partial charge >= 0.3 is 5.97 Å². The van der Waals surface area contributed by atoms with Crippen LogP contribution in [0.4, 0.5) is 0 Å². The molecule has 0 aliphatic rings. The third-order valence-corrected chi connectivity index (χ3v) is 2.92. The van der Waals surface area contributed by atoms with Crippen molar-refractivity contribution in [1.82, 2.24) is 10.7 Å². The number of hydrogen-bond acceptors (Lipinski definition) is 6. The minimum absolute atomic E-state index is 0.184. The van der Waals surface area contributed by atoms with Crippen LogP contribution in [0.3, 0.4) is 0 Å². The molecule has 0 saturated heterocycles. The highest BCUT2D eigenvalue weighted by Crippen LogP contribution is 2.27. The molecule has 0 saturated carbocycles. The van der Waals surface area contributed by atoms with Crippen molar-refractivity contribution in [3.8, 4) is 11.5 Å². The van der Waals surface area contributed by atoms with Crippen molar-refractivity contribution in [2.45, 2.75) is 20.0 Å². The molecule has 0 aliphatic heterocycles. The maximum absolute atomic E-state index is 11.5. The molecule has 0 aliphatic carbocycles. The van der Waals surface area contributed by atoms with E-state index in [1.54, 1.807) is 44.3 Å². The molecular formula is C17H23N3O4S. The molecule has 25 heavy (non-hydrogen) atoms. The molecule has 0 unspecified atom stereocenters. The Morgan fingerprint density at radius 3 is 2.80 bits per heavy atom. The average Bonchev–Trinajstić information content (AvgIpc) is 2.58. The predicted octanol–water partition coefficient (Wildman–Crippen LogP) is 2.01. The molecule has 1 aromatic carbocycles. The van der Waals surface area contributed by atoms with Crippen molar-refractivity contribution in [1.29, 1.82) is 0 Å². The summed E-state index contributed by atoms with van der Waals surface area (Å²) in [5.41, 5.74) is 3.46. The highest BCUT2D eigenvalue weighted by molar-refractivity contribution is 7.80. The maximum Gasteiger partial charge on any atom is 0.344 e. The largest absolute Gasteiger partial charge is 0.493 e. The van der Waals surface area contributed by atoms with Crippen LogP contribution >= 0.6 is 12.2 Å². The third-order valence-electron chi connectivity index (χ3n) is 2.69. The van der Waals surface area contributed by atoms with Crippen LogP contribution in [-0.4, -0.2) is 43.7 Å². The first-order valence-corrected chi connectivity index (χ1v) is 8.05. The number of benzene rings is 1. The molecule has 0 spiro atoms. The lowest BCUT2D eigenvalue weighted by atomic mass is 10.2. The number of hydrazone groups is 1.